The van der Waals surface area contributed by atoms with Crippen molar-refractivity contribution in [2.45, 2.75) is 25.9 Å². The second-order valence-corrected chi connectivity index (χ2v) is 9.78. The van der Waals surface area contributed by atoms with E-state index in [-0.39, 0.29) is 24.8 Å². The smallest absolute Gasteiger partial charge is 0.335 e. The molecule has 3 aromatic rings. The van der Waals surface area contributed by atoms with Crippen LogP contribution in [0.5, 0.6) is 0 Å². The van der Waals surface area contributed by atoms with Crippen molar-refractivity contribution < 1.29 is 28.3 Å². The van der Waals surface area contributed by atoms with Gasteiger partial charge in [0.2, 0.25) is 0 Å². The van der Waals surface area contributed by atoms with Gasteiger partial charge in [0, 0.05) is 12.1 Å². The van der Waals surface area contributed by atoms with Gasteiger partial charge in [0.05, 0.1) is 18.3 Å². The number of benzene rings is 3. The lowest BCUT2D eigenvalue weighted by Crippen LogP contribution is -2.32. The highest BCUT2D eigenvalue weighted by Gasteiger charge is 2.32. The molecule has 1 unspecified atom stereocenters. The van der Waals surface area contributed by atoms with E-state index in [0.717, 1.165) is 11.1 Å². The minimum Gasteiger partial charge on any atom is -0.478 e. The van der Waals surface area contributed by atoms with Crippen LogP contribution in [0.2, 0.25) is 0 Å². The third kappa shape index (κ3) is 7.66. The second-order valence-electron chi connectivity index (χ2n) is 7.64. The predicted octanol–water partition coefficient (Wildman–Crippen LogP) is 5.42. The molecule has 0 saturated carbocycles. The van der Waals surface area contributed by atoms with Crippen LogP contribution in [0.3, 0.4) is 0 Å². The molecule has 0 aromatic heterocycles. The molecule has 0 aliphatic carbocycles. The highest BCUT2D eigenvalue weighted by atomic mass is 31.2. The number of carboxylic acid groups (broad SMARTS) is 1. The second kappa shape index (κ2) is 12.3. The molecule has 3 rings (SSSR count). The number of rotatable bonds is 12. The highest BCUT2D eigenvalue weighted by molar-refractivity contribution is 7.53. The van der Waals surface area contributed by atoms with E-state index in [1.807, 2.05) is 60.7 Å². The number of aryl methyl sites for hydroxylation is 1. The molecule has 178 valence electrons. The Bertz CT molecular complexity index is 1120. The van der Waals surface area contributed by atoms with Crippen LogP contribution in [-0.4, -0.2) is 35.9 Å². The molecule has 2 N–H and O–H groups in total. The molecule has 8 heteroatoms. The average molecular weight is 481 g/mol. The van der Waals surface area contributed by atoms with Gasteiger partial charge in [-0.05, 0) is 48.7 Å². The number of hydrogen-bond donors (Lipinski definition) is 2. The van der Waals surface area contributed by atoms with Crippen LogP contribution in [0.4, 0.5) is 5.69 Å². The van der Waals surface area contributed by atoms with Crippen LogP contribution >= 0.6 is 7.60 Å². The summed E-state index contributed by atoms with van der Waals surface area (Å²) in [7, 11) is -3.60. The van der Waals surface area contributed by atoms with E-state index in [0.29, 0.717) is 12.1 Å². The SMILES string of the molecule is CCOP(=O)(CCc1ccccc1)O[C@@H](Cc1ccccc1)C(=O)Nc1ccc(C(=O)O)cc1. The average Bonchev–Trinajstić information content (AvgIpc) is 2.84. The van der Waals surface area contributed by atoms with E-state index in [2.05, 4.69) is 5.32 Å². The lowest BCUT2D eigenvalue weighted by atomic mass is 10.1. The fraction of sp³-hybridized carbons (Fsp3) is 0.231. The fourth-order valence-corrected chi connectivity index (χ4v) is 5.15. The van der Waals surface area contributed by atoms with E-state index in [9.17, 15) is 14.2 Å². The van der Waals surface area contributed by atoms with Crippen LogP contribution < -0.4 is 5.32 Å². The largest absolute Gasteiger partial charge is 0.478 e. The summed E-state index contributed by atoms with van der Waals surface area (Å²) < 4.78 is 25.1. The van der Waals surface area contributed by atoms with E-state index >= 15 is 0 Å². The number of carbonyl (C=O) groups excluding carboxylic acids is 1. The first-order valence-electron chi connectivity index (χ1n) is 11.0. The zero-order valence-corrected chi connectivity index (χ0v) is 19.8. The summed E-state index contributed by atoms with van der Waals surface area (Å²) in [6, 6.07) is 24.7. The van der Waals surface area contributed by atoms with Gasteiger partial charge in [0.1, 0.15) is 6.10 Å². The Morgan fingerprint density at radius 2 is 1.50 bits per heavy atom. The molecule has 0 fully saturated rings. The van der Waals surface area contributed by atoms with Crippen molar-refractivity contribution in [1.82, 2.24) is 0 Å². The standard InChI is InChI=1S/C26H28NO6P/c1-2-32-34(31,18-17-20-9-5-3-6-10-20)33-24(19-21-11-7-4-8-12-21)25(28)27-23-15-13-22(14-16-23)26(29)30/h3-16,24H,2,17-19H2,1H3,(H,27,28)(H,29,30)/t24-,34?/m0/s1. The summed E-state index contributed by atoms with van der Waals surface area (Å²) in [6.45, 7) is 1.91. The monoisotopic (exact) mass is 481 g/mol. The van der Waals surface area contributed by atoms with Crippen LogP contribution in [0.1, 0.15) is 28.4 Å². The van der Waals surface area contributed by atoms with E-state index in [1.165, 1.54) is 24.3 Å². The minimum absolute atomic E-state index is 0.108. The zero-order chi connectivity index (χ0) is 24.4. The third-order valence-electron chi connectivity index (χ3n) is 5.09. The maximum absolute atomic E-state index is 13.6. The molecule has 7 nitrogen and oxygen atoms in total. The summed E-state index contributed by atoms with van der Waals surface area (Å²) in [5.74, 6) is -1.55. The fourth-order valence-electron chi connectivity index (χ4n) is 3.37. The lowest BCUT2D eigenvalue weighted by Gasteiger charge is -2.24. The summed E-state index contributed by atoms with van der Waals surface area (Å²) in [5.41, 5.74) is 2.35. The van der Waals surface area contributed by atoms with Gasteiger partial charge in [-0.1, -0.05) is 60.7 Å². The molecular weight excluding hydrogens is 453 g/mol. The van der Waals surface area contributed by atoms with Crippen molar-refractivity contribution in [3.8, 4) is 0 Å². The molecule has 2 atom stereocenters. The zero-order valence-electron chi connectivity index (χ0n) is 18.9. The van der Waals surface area contributed by atoms with Gasteiger partial charge in [0.15, 0.2) is 0 Å². The Morgan fingerprint density at radius 1 is 0.912 bits per heavy atom. The van der Waals surface area contributed by atoms with Gasteiger partial charge >= 0.3 is 13.6 Å². The molecule has 0 bridgehead atoms. The summed E-state index contributed by atoms with van der Waals surface area (Å²) in [6.07, 6.45) is -0.261. The number of nitrogens with one attached hydrogen (secondary N) is 1. The van der Waals surface area contributed by atoms with E-state index in [4.69, 9.17) is 14.2 Å². The lowest BCUT2D eigenvalue weighted by molar-refractivity contribution is -0.123. The third-order valence-corrected chi connectivity index (χ3v) is 7.09. The molecule has 0 aliphatic heterocycles. The van der Waals surface area contributed by atoms with Gasteiger partial charge in [-0.15, -0.1) is 0 Å². The van der Waals surface area contributed by atoms with Gasteiger partial charge in [-0.2, -0.15) is 0 Å². The quantitative estimate of drug-likeness (QED) is 0.335. The molecule has 3 aromatic carbocycles. The van der Waals surface area contributed by atoms with Gasteiger partial charge < -0.3 is 14.9 Å². The maximum atomic E-state index is 13.6. The van der Waals surface area contributed by atoms with Crippen molar-refractivity contribution in [1.29, 1.82) is 0 Å². The number of anilines is 1. The highest BCUT2D eigenvalue weighted by Crippen LogP contribution is 2.50. The maximum Gasteiger partial charge on any atom is 0.335 e. The molecule has 1 amide bonds. The van der Waals surface area contributed by atoms with E-state index < -0.39 is 25.6 Å². The first-order valence-corrected chi connectivity index (χ1v) is 12.8. The van der Waals surface area contributed by atoms with Crippen LogP contribution in [0, 0.1) is 0 Å². The predicted molar refractivity (Wildman–Crippen MR) is 131 cm³/mol. The Kier molecular flexibility index (Phi) is 9.16. The van der Waals surface area contributed by atoms with Crippen molar-refractivity contribution in [3.63, 3.8) is 0 Å². The van der Waals surface area contributed by atoms with Crippen LogP contribution in [-0.2, 0) is 31.2 Å². The van der Waals surface area contributed by atoms with Crippen molar-refractivity contribution in [3.05, 3.63) is 102 Å². The number of carbonyl (C=O) groups is 2. The molecule has 0 spiro atoms. The van der Waals surface area contributed by atoms with Crippen molar-refractivity contribution in [2.75, 3.05) is 18.1 Å². The van der Waals surface area contributed by atoms with E-state index in [1.54, 1.807) is 6.92 Å². The molecule has 0 heterocycles. The normalized spacial score (nSPS) is 13.6. The Labute approximate surface area is 199 Å². The van der Waals surface area contributed by atoms with Gasteiger partial charge in [-0.3, -0.25) is 13.9 Å². The molecule has 0 saturated heterocycles. The van der Waals surface area contributed by atoms with Gasteiger partial charge in [0.25, 0.3) is 5.91 Å². The Hall–Kier alpha value is -3.25. The summed E-state index contributed by atoms with van der Waals surface area (Å²) >= 11 is 0. The number of aromatic carboxylic acids is 1. The minimum atomic E-state index is -3.60. The number of amides is 1. The van der Waals surface area contributed by atoms with Crippen LogP contribution in [0.15, 0.2) is 84.9 Å². The number of carboxylic acids is 1. The van der Waals surface area contributed by atoms with Crippen molar-refractivity contribution in [2.24, 2.45) is 0 Å². The molecule has 0 radical (unpaired) electrons. The number of hydrogen-bond acceptors (Lipinski definition) is 5. The summed E-state index contributed by atoms with van der Waals surface area (Å²) in [4.78, 5) is 24.2. The first kappa shape index (κ1) is 25.4. The topological polar surface area (TPSA) is 102 Å². The Balaban J connectivity index is 1.79. The molecular formula is C26H28NO6P. The summed E-state index contributed by atoms with van der Waals surface area (Å²) in [5, 5.41) is 11.8. The van der Waals surface area contributed by atoms with Crippen LogP contribution in [0.25, 0.3) is 0 Å². The molecule has 34 heavy (non-hydrogen) atoms. The van der Waals surface area contributed by atoms with Crippen molar-refractivity contribution >= 4 is 25.2 Å². The molecule has 0 aliphatic rings. The Morgan fingerprint density at radius 3 is 2.06 bits per heavy atom. The van der Waals surface area contributed by atoms with Gasteiger partial charge in [-0.25, -0.2) is 4.79 Å². The first-order chi connectivity index (χ1) is 16.4.